The van der Waals surface area contributed by atoms with Gasteiger partial charge in [-0.3, -0.25) is 9.59 Å². The van der Waals surface area contributed by atoms with Gasteiger partial charge in [0.1, 0.15) is 5.92 Å². The van der Waals surface area contributed by atoms with Gasteiger partial charge in [-0.05, 0) is 18.5 Å². The number of alkyl halides is 3. The van der Waals surface area contributed by atoms with Gasteiger partial charge in [-0.15, -0.1) is 0 Å². The van der Waals surface area contributed by atoms with E-state index in [-0.39, 0.29) is 0 Å². The topological polar surface area (TPSA) is 71.1 Å². The summed E-state index contributed by atoms with van der Waals surface area (Å²) in [7, 11) is 1.16. The summed E-state index contributed by atoms with van der Waals surface area (Å²) in [6.45, 7) is 3.64. The van der Waals surface area contributed by atoms with Gasteiger partial charge in [0.05, 0.1) is 6.10 Å². The van der Waals surface area contributed by atoms with Crippen LogP contribution >= 0.6 is 11.6 Å². The Bertz CT molecular complexity index is 400. The van der Waals surface area contributed by atoms with Crippen LogP contribution in [0.3, 0.4) is 0 Å². The second-order valence-electron chi connectivity index (χ2n) is 4.66. The Morgan fingerprint density at radius 1 is 1.14 bits per heavy atom. The zero-order chi connectivity index (χ0) is 16.4. The molecule has 0 aromatic rings. The van der Waals surface area contributed by atoms with Gasteiger partial charge >= 0.3 is 17.3 Å². The normalized spacial score (nSPS) is 33.4. The quantitative estimate of drug-likeness (QED) is 0.577. The third-order valence-electron chi connectivity index (χ3n) is 3.00. The molecule has 5 atom stereocenters. The van der Waals surface area contributed by atoms with Crippen LogP contribution in [0.4, 0.5) is 8.78 Å². The Kier molecular flexibility index (Phi) is 5.89. The molecule has 1 aliphatic rings. The fraction of sp³-hybridized carbons (Fsp3) is 0.833. The average Bonchev–Trinajstić information content (AvgIpc) is 2.30. The van der Waals surface area contributed by atoms with Crippen LogP contribution in [0, 0.1) is 5.92 Å². The van der Waals surface area contributed by atoms with Crippen molar-refractivity contribution in [1.82, 2.24) is 0 Å². The number of rotatable bonds is 4. The highest BCUT2D eigenvalue weighted by atomic mass is 35.5. The van der Waals surface area contributed by atoms with E-state index < -0.39 is 47.8 Å². The van der Waals surface area contributed by atoms with Gasteiger partial charge in [0.25, 0.3) is 0 Å². The molecule has 1 heterocycles. The first-order valence-electron chi connectivity index (χ1n) is 6.17. The zero-order valence-corrected chi connectivity index (χ0v) is 12.7. The summed E-state index contributed by atoms with van der Waals surface area (Å²) in [6.07, 6.45) is -4.94. The predicted molar refractivity (Wildman–Crippen MR) is 66.7 cm³/mol. The minimum atomic E-state index is -3.79. The van der Waals surface area contributed by atoms with Crippen LogP contribution in [0.5, 0.6) is 0 Å². The smallest absolute Gasteiger partial charge is 0.333 e. The van der Waals surface area contributed by atoms with Gasteiger partial charge in [0.15, 0.2) is 18.5 Å². The maximum absolute atomic E-state index is 13.7. The molecule has 0 radical (unpaired) electrons. The third kappa shape index (κ3) is 4.49. The first kappa shape index (κ1) is 18.1. The fourth-order valence-corrected chi connectivity index (χ4v) is 2.46. The van der Waals surface area contributed by atoms with Gasteiger partial charge in [-0.25, -0.2) is 0 Å². The van der Waals surface area contributed by atoms with E-state index in [1.54, 1.807) is 0 Å². The maximum atomic E-state index is 13.7. The summed E-state index contributed by atoms with van der Waals surface area (Å²) in [5.41, 5.74) is 0. The first-order chi connectivity index (χ1) is 9.57. The van der Waals surface area contributed by atoms with Gasteiger partial charge in [-0.2, -0.15) is 8.78 Å². The minimum absolute atomic E-state index is 0.722. The summed E-state index contributed by atoms with van der Waals surface area (Å²) in [5, 5.41) is -3.79. The van der Waals surface area contributed by atoms with Crippen molar-refractivity contribution in [2.24, 2.45) is 5.92 Å². The minimum Gasteiger partial charge on any atom is -0.458 e. The van der Waals surface area contributed by atoms with Crippen LogP contribution in [0.1, 0.15) is 20.8 Å². The molecule has 1 saturated heterocycles. The molecule has 0 amide bonds. The molecule has 1 rings (SSSR count). The number of methoxy groups -OCH3 is 1. The summed E-state index contributed by atoms with van der Waals surface area (Å²) < 4.78 is 47.3. The van der Waals surface area contributed by atoms with Crippen molar-refractivity contribution in [2.75, 3.05) is 7.11 Å². The molecule has 0 aliphatic carbocycles. The summed E-state index contributed by atoms with van der Waals surface area (Å²) >= 11 is 5.09. The summed E-state index contributed by atoms with van der Waals surface area (Å²) in [5.74, 6) is -3.36. The molecule has 0 aromatic heterocycles. The summed E-state index contributed by atoms with van der Waals surface area (Å²) in [4.78, 5) is 22.3. The fourth-order valence-electron chi connectivity index (χ4n) is 2.23. The Balaban J connectivity index is 3.18. The molecule has 6 nitrogen and oxygen atoms in total. The molecule has 21 heavy (non-hydrogen) atoms. The molecule has 9 heteroatoms. The highest BCUT2D eigenvalue weighted by molar-refractivity contribution is 6.22. The molecule has 0 bridgehead atoms. The predicted octanol–water partition coefficient (Wildman–Crippen LogP) is 1.69. The van der Waals surface area contributed by atoms with E-state index in [0.717, 1.165) is 21.0 Å². The van der Waals surface area contributed by atoms with E-state index in [0.29, 0.717) is 0 Å². The zero-order valence-electron chi connectivity index (χ0n) is 12.0. The van der Waals surface area contributed by atoms with Crippen LogP contribution in [0.15, 0.2) is 0 Å². The lowest BCUT2D eigenvalue weighted by atomic mass is 9.90. The van der Waals surface area contributed by atoms with Crippen LogP contribution in [0.2, 0.25) is 0 Å². The first-order valence-corrected chi connectivity index (χ1v) is 6.55. The monoisotopic (exact) mass is 330 g/mol. The molecular weight excluding hydrogens is 314 g/mol. The molecular formula is C12H17ClF2O6. The number of carbonyl (C=O) groups is 2. The molecule has 0 N–H and O–H groups in total. The molecule has 0 saturated carbocycles. The lowest BCUT2D eigenvalue weighted by Gasteiger charge is -2.44. The maximum Gasteiger partial charge on any atom is 0.333 e. The number of ether oxygens (including phenoxy) is 4. The Labute approximate surface area is 125 Å². The van der Waals surface area contributed by atoms with Gasteiger partial charge in [0.2, 0.25) is 0 Å². The van der Waals surface area contributed by atoms with Crippen molar-refractivity contribution < 1.29 is 37.3 Å². The second kappa shape index (κ2) is 6.85. The summed E-state index contributed by atoms with van der Waals surface area (Å²) in [6, 6.07) is 0. The highest BCUT2D eigenvalue weighted by Gasteiger charge is 2.58. The Hall–Kier alpha value is -0.990. The molecule has 1 fully saturated rings. The van der Waals surface area contributed by atoms with Crippen molar-refractivity contribution in [3.63, 3.8) is 0 Å². The largest absolute Gasteiger partial charge is 0.458 e. The van der Waals surface area contributed by atoms with Gasteiger partial charge in [0, 0.05) is 21.0 Å². The average molecular weight is 331 g/mol. The lowest BCUT2D eigenvalue weighted by Crippen LogP contribution is -2.60. The van der Waals surface area contributed by atoms with Crippen LogP contribution < -0.4 is 0 Å². The number of carbonyl (C=O) groups excluding carboxylic acids is 2. The SMILES string of the molecule is COC1O[C@@H](C)[C@H](OC(C)=O)[C@@H](OC(C)=O)[C@@H]1C(F)(F)Cl. The molecule has 122 valence electrons. The molecule has 0 aromatic carbocycles. The van der Waals surface area contributed by atoms with Crippen LogP contribution in [0.25, 0.3) is 0 Å². The van der Waals surface area contributed by atoms with E-state index in [1.807, 2.05) is 0 Å². The Morgan fingerprint density at radius 3 is 2.00 bits per heavy atom. The van der Waals surface area contributed by atoms with E-state index in [2.05, 4.69) is 0 Å². The standard InChI is InChI=1S/C12H17ClF2O6/c1-5-9(20-6(2)16)10(21-7(3)17)8(12(13,14)15)11(18-4)19-5/h5,8-11H,1-4H3/t5-,8-,9-,10-,11?/m0/s1. The lowest BCUT2D eigenvalue weighted by molar-refractivity contribution is -0.299. The number of hydrogen-bond acceptors (Lipinski definition) is 6. The third-order valence-corrected chi connectivity index (χ3v) is 3.25. The number of esters is 2. The van der Waals surface area contributed by atoms with Crippen LogP contribution in [-0.2, 0) is 28.5 Å². The van der Waals surface area contributed by atoms with Gasteiger partial charge in [-0.1, -0.05) is 0 Å². The molecule has 0 spiro atoms. The highest BCUT2D eigenvalue weighted by Crippen LogP contribution is 2.42. The van der Waals surface area contributed by atoms with Crippen molar-refractivity contribution in [3.05, 3.63) is 0 Å². The van der Waals surface area contributed by atoms with Crippen LogP contribution in [-0.4, -0.2) is 49.0 Å². The van der Waals surface area contributed by atoms with Crippen molar-refractivity contribution in [1.29, 1.82) is 0 Å². The van der Waals surface area contributed by atoms with E-state index in [1.165, 1.54) is 6.92 Å². The van der Waals surface area contributed by atoms with Crippen molar-refractivity contribution >= 4 is 23.5 Å². The van der Waals surface area contributed by atoms with Gasteiger partial charge < -0.3 is 18.9 Å². The molecule has 1 unspecified atom stereocenters. The van der Waals surface area contributed by atoms with Crippen molar-refractivity contribution in [2.45, 2.75) is 50.8 Å². The van der Waals surface area contributed by atoms with E-state index >= 15 is 0 Å². The number of hydrogen-bond donors (Lipinski definition) is 0. The molecule has 1 aliphatic heterocycles. The van der Waals surface area contributed by atoms with E-state index in [9.17, 15) is 18.4 Å². The van der Waals surface area contributed by atoms with Crippen molar-refractivity contribution in [3.8, 4) is 0 Å². The Morgan fingerprint density at radius 2 is 1.62 bits per heavy atom. The van der Waals surface area contributed by atoms with E-state index in [4.69, 9.17) is 30.5 Å². The second-order valence-corrected chi connectivity index (χ2v) is 5.16. The number of halogens is 3.